The fourth-order valence-electron chi connectivity index (χ4n) is 2.03. The highest BCUT2D eigenvalue weighted by atomic mass is 79.9. The molecule has 0 saturated carbocycles. The van der Waals surface area contributed by atoms with Crippen molar-refractivity contribution < 1.29 is 9.53 Å². The number of nitrogens with one attached hydrogen (secondary N) is 1. The summed E-state index contributed by atoms with van der Waals surface area (Å²) in [6.07, 6.45) is -0.566. The summed E-state index contributed by atoms with van der Waals surface area (Å²) in [7, 11) is 0. The van der Waals surface area contributed by atoms with Crippen molar-refractivity contribution in [3.05, 3.63) is 58.1 Å². The topological polar surface area (TPSA) is 38.3 Å². The normalized spacial score (nSPS) is 11.8. The maximum absolute atomic E-state index is 12.2. The predicted molar refractivity (Wildman–Crippen MR) is 88.8 cm³/mol. The number of benzene rings is 2. The monoisotopic (exact) mass is 347 g/mol. The lowest BCUT2D eigenvalue weighted by Crippen LogP contribution is -2.30. The number of hydrogen-bond donors (Lipinski definition) is 1. The number of para-hydroxylation sites is 1. The van der Waals surface area contributed by atoms with Crippen LogP contribution in [0.3, 0.4) is 0 Å². The molecule has 0 fully saturated rings. The molecule has 0 bridgehead atoms. The molecule has 0 aromatic heterocycles. The zero-order valence-corrected chi connectivity index (χ0v) is 13.9. The van der Waals surface area contributed by atoms with Crippen molar-refractivity contribution >= 4 is 27.5 Å². The molecule has 2 rings (SSSR count). The van der Waals surface area contributed by atoms with Crippen LogP contribution in [0.15, 0.2) is 46.9 Å². The van der Waals surface area contributed by atoms with E-state index in [0.29, 0.717) is 0 Å². The van der Waals surface area contributed by atoms with E-state index in [9.17, 15) is 4.79 Å². The summed E-state index contributed by atoms with van der Waals surface area (Å²) in [6.45, 7) is 5.70. The summed E-state index contributed by atoms with van der Waals surface area (Å²) in [4.78, 5) is 12.2. The van der Waals surface area contributed by atoms with Gasteiger partial charge in [0.15, 0.2) is 6.10 Å². The van der Waals surface area contributed by atoms with Crippen molar-refractivity contribution in [2.24, 2.45) is 0 Å². The van der Waals surface area contributed by atoms with Gasteiger partial charge < -0.3 is 10.1 Å². The zero-order chi connectivity index (χ0) is 15.4. The Morgan fingerprint density at radius 3 is 2.38 bits per heavy atom. The van der Waals surface area contributed by atoms with Crippen molar-refractivity contribution in [2.75, 3.05) is 5.32 Å². The van der Waals surface area contributed by atoms with Gasteiger partial charge in [-0.3, -0.25) is 4.79 Å². The van der Waals surface area contributed by atoms with E-state index in [4.69, 9.17) is 4.74 Å². The molecule has 1 atom stereocenters. The molecule has 0 spiro atoms. The standard InChI is InChI=1S/C17H18BrNO2/c1-11-6-4-7-12(2)16(11)21-13(3)17(20)19-15-9-5-8-14(18)10-15/h4-10,13H,1-3H3,(H,19,20). The van der Waals surface area contributed by atoms with Gasteiger partial charge in [0.25, 0.3) is 5.91 Å². The van der Waals surface area contributed by atoms with Gasteiger partial charge in [-0.2, -0.15) is 0 Å². The summed E-state index contributed by atoms with van der Waals surface area (Å²) in [5, 5.41) is 2.85. The molecule has 21 heavy (non-hydrogen) atoms. The average Bonchev–Trinajstić information content (AvgIpc) is 2.43. The minimum absolute atomic E-state index is 0.171. The lowest BCUT2D eigenvalue weighted by atomic mass is 10.1. The third-order valence-electron chi connectivity index (χ3n) is 3.16. The van der Waals surface area contributed by atoms with E-state index in [0.717, 1.165) is 27.0 Å². The number of carbonyl (C=O) groups is 1. The Kier molecular flexibility index (Phi) is 5.02. The Bertz CT molecular complexity index is 635. The Hall–Kier alpha value is -1.81. The highest BCUT2D eigenvalue weighted by Crippen LogP contribution is 2.24. The SMILES string of the molecule is Cc1cccc(C)c1OC(C)C(=O)Nc1cccc(Br)c1. The van der Waals surface area contributed by atoms with Crippen LogP contribution < -0.4 is 10.1 Å². The Labute approximate surface area is 133 Å². The van der Waals surface area contributed by atoms with Crippen molar-refractivity contribution in [3.63, 3.8) is 0 Å². The molecule has 4 heteroatoms. The van der Waals surface area contributed by atoms with Crippen LogP contribution in [0.1, 0.15) is 18.1 Å². The largest absolute Gasteiger partial charge is 0.480 e. The second kappa shape index (κ2) is 6.76. The minimum atomic E-state index is -0.566. The fourth-order valence-corrected chi connectivity index (χ4v) is 2.42. The molecular formula is C17H18BrNO2. The number of aryl methyl sites for hydroxylation is 2. The molecule has 0 heterocycles. The van der Waals surface area contributed by atoms with Gasteiger partial charge in [0.1, 0.15) is 5.75 Å². The Morgan fingerprint density at radius 1 is 1.14 bits per heavy atom. The lowest BCUT2D eigenvalue weighted by molar-refractivity contribution is -0.122. The summed E-state index contributed by atoms with van der Waals surface area (Å²) < 4.78 is 6.74. The maximum atomic E-state index is 12.2. The molecule has 1 N–H and O–H groups in total. The second-order valence-electron chi connectivity index (χ2n) is 4.98. The van der Waals surface area contributed by atoms with Crippen molar-refractivity contribution in [1.29, 1.82) is 0 Å². The Balaban J connectivity index is 2.06. The molecular weight excluding hydrogens is 330 g/mol. The van der Waals surface area contributed by atoms with E-state index in [1.807, 2.05) is 56.3 Å². The minimum Gasteiger partial charge on any atom is -0.480 e. The zero-order valence-electron chi connectivity index (χ0n) is 12.3. The molecule has 0 aliphatic rings. The number of amides is 1. The third-order valence-corrected chi connectivity index (χ3v) is 3.66. The van der Waals surface area contributed by atoms with E-state index in [1.54, 1.807) is 6.92 Å². The van der Waals surface area contributed by atoms with Crippen LogP contribution in [-0.4, -0.2) is 12.0 Å². The highest BCUT2D eigenvalue weighted by Gasteiger charge is 2.17. The number of halogens is 1. The van der Waals surface area contributed by atoms with E-state index in [-0.39, 0.29) is 5.91 Å². The number of anilines is 1. The lowest BCUT2D eigenvalue weighted by Gasteiger charge is -2.18. The first kappa shape index (κ1) is 15.6. The van der Waals surface area contributed by atoms with Gasteiger partial charge in [-0.25, -0.2) is 0 Å². The molecule has 1 unspecified atom stereocenters. The molecule has 110 valence electrons. The molecule has 0 aliphatic heterocycles. The molecule has 2 aromatic rings. The van der Waals surface area contributed by atoms with Crippen LogP contribution in [0.2, 0.25) is 0 Å². The summed E-state index contributed by atoms with van der Waals surface area (Å²) in [5.74, 6) is 0.602. The van der Waals surface area contributed by atoms with Gasteiger partial charge in [-0.05, 0) is 50.1 Å². The molecule has 0 aliphatic carbocycles. The highest BCUT2D eigenvalue weighted by molar-refractivity contribution is 9.10. The molecule has 3 nitrogen and oxygen atoms in total. The molecule has 0 radical (unpaired) electrons. The summed E-state index contributed by atoms with van der Waals surface area (Å²) >= 11 is 3.38. The number of ether oxygens (including phenoxy) is 1. The van der Waals surface area contributed by atoms with Gasteiger partial charge >= 0.3 is 0 Å². The molecule has 1 amide bonds. The third kappa shape index (κ3) is 4.08. The smallest absolute Gasteiger partial charge is 0.265 e. The van der Waals surface area contributed by atoms with E-state index < -0.39 is 6.10 Å². The van der Waals surface area contributed by atoms with Gasteiger partial charge in [-0.1, -0.05) is 40.2 Å². The maximum Gasteiger partial charge on any atom is 0.265 e. The second-order valence-corrected chi connectivity index (χ2v) is 5.90. The number of carbonyl (C=O) groups excluding carboxylic acids is 1. The van der Waals surface area contributed by atoms with E-state index in [2.05, 4.69) is 21.2 Å². The van der Waals surface area contributed by atoms with Crippen LogP contribution >= 0.6 is 15.9 Å². The average molecular weight is 348 g/mol. The first-order valence-corrected chi connectivity index (χ1v) is 7.56. The van der Waals surface area contributed by atoms with Crippen molar-refractivity contribution in [3.8, 4) is 5.75 Å². The van der Waals surface area contributed by atoms with Gasteiger partial charge in [-0.15, -0.1) is 0 Å². The van der Waals surface area contributed by atoms with Gasteiger partial charge in [0.05, 0.1) is 0 Å². The van der Waals surface area contributed by atoms with Crippen LogP contribution in [0.4, 0.5) is 5.69 Å². The molecule has 0 saturated heterocycles. The van der Waals surface area contributed by atoms with Gasteiger partial charge in [0, 0.05) is 10.2 Å². The fraction of sp³-hybridized carbons (Fsp3) is 0.235. The number of hydrogen-bond acceptors (Lipinski definition) is 2. The van der Waals surface area contributed by atoms with Crippen molar-refractivity contribution in [1.82, 2.24) is 0 Å². The van der Waals surface area contributed by atoms with Crippen molar-refractivity contribution in [2.45, 2.75) is 26.9 Å². The van der Waals surface area contributed by atoms with Crippen LogP contribution in [0, 0.1) is 13.8 Å². The van der Waals surface area contributed by atoms with Crippen LogP contribution in [0.5, 0.6) is 5.75 Å². The number of rotatable bonds is 4. The summed E-state index contributed by atoms with van der Waals surface area (Å²) in [5.41, 5.74) is 2.79. The quantitative estimate of drug-likeness (QED) is 0.885. The van der Waals surface area contributed by atoms with Crippen LogP contribution in [0.25, 0.3) is 0 Å². The van der Waals surface area contributed by atoms with E-state index >= 15 is 0 Å². The predicted octanol–water partition coefficient (Wildman–Crippen LogP) is 4.47. The van der Waals surface area contributed by atoms with Crippen LogP contribution in [-0.2, 0) is 4.79 Å². The summed E-state index contributed by atoms with van der Waals surface area (Å²) in [6, 6.07) is 13.4. The van der Waals surface area contributed by atoms with Gasteiger partial charge in [0.2, 0.25) is 0 Å². The first-order valence-electron chi connectivity index (χ1n) is 6.76. The molecule has 2 aromatic carbocycles. The van der Waals surface area contributed by atoms with E-state index in [1.165, 1.54) is 0 Å². The first-order chi connectivity index (χ1) is 9.97. The Morgan fingerprint density at radius 2 is 1.76 bits per heavy atom.